The molecule has 0 N–H and O–H groups in total. The molecule has 2 aromatic heterocycles. The summed E-state index contributed by atoms with van der Waals surface area (Å²) in [5.74, 6) is 1.03. The number of hydrogen-bond donors (Lipinski definition) is 0. The maximum absolute atomic E-state index is 9.17. The Balaban J connectivity index is 1.59. The summed E-state index contributed by atoms with van der Waals surface area (Å²) < 4.78 is 2.01. The Morgan fingerprint density at radius 2 is 1.92 bits per heavy atom. The smallest absolute Gasteiger partial charge is 0.132 e. The first kappa shape index (κ1) is 16.5. The summed E-state index contributed by atoms with van der Waals surface area (Å²) in [4.78, 5) is 13.5. The second-order valence-corrected chi connectivity index (χ2v) is 6.12. The molecule has 1 saturated heterocycles. The van der Waals surface area contributed by atoms with Crippen molar-refractivity contribution >= 4 is 5.82 Å². The van der Waals surface area contributed by atoms with Crippen molar-refractivity contribution in [3.63, 3.8) is 0 Å². The van der Waals surface area contributed by atoms with E-state index >= 15 is 0 Å². The largest absolute Gasteiger partial charge is 0.354 e. The minimum absolute atomic E-state index is 0.749. The zero-order valence-electron chi connectivity index (χ0n) is 14.4. The second kappa shape index (κ2) is 7.45. The molecular formula is C18H24N6. The monoisotopic (exact) mass is 324 g/mol. The molecule has 0 unspecified atom stereocenters. The molecule has 6 nitrogen and oxygen atoms in total. The molecule has 2 aromatic rings. The fraction of sp³-hybridized carbons (Fsp3) is 0.500. The zero-order valence-corrected chi connectivity index (χ0v) is 14.4. The van der Waals surface area contributed by atoms with Crippen molar-refractivity contribution in [2.45, 2.75) is 33.4 Å². The van der Waals surface area contributed by atoms with Crippen LogP contribution in [0.1, 0.15) is 30.8 Å². The summed E-state index contributed by atoms with van der Waals surface area (Å²) in [5, 5.41) is 9.17. The van der Waals surface area contributed by atoms with Gasteiger partial charge < -0.3 is 9.47 Å². The molecule has 24 heavy (non-hydrogen) atoms. The molecule has 0 spiro atoms. The van der Waals surface area contributed by atoms with Crippen LogP contribution in [-0.2, 0) is 19.5 Å². The summed E-state index contributed by atoms with van der Waals surface area (Å²) in [6.45, 7) is 9.87. The van der Waals surface area contributed by atoms with Gasteiger partial charge in [0.1, 0.15) is 23.9 Å². The van der Waals surface area contributed by atoms with Gasteiger partial charge in [-0.05, 0) is 25.0 Å². The van der Waals surface area contributed by atoms with Gasteiger partial charge in [0.05, 0.1) is 0 Å². The molecule has 6 heteroatoms. The van der Waals surface area contributed by atoms with Crippen molar-refractivity contribution in [1.82, 2.24) is 19.4 Å². The second-order valence-electron chi connectivity index (χ2n) is 6.12. The lowest BCUT2D eigenvalue weighted by Gasteiger charge is -2.35. The van der Waals surface area contributed by atoms with Crippen LogP contribution in [0.25, 0.3) is 0 Å². The molecule has 0 radical (unpaired) electrons. The van der Waals surface area contributed by atoms with Crippen LogP contribution in [-0.4, -0.2) is 45.6 Å². The summed E-state index contributed by atoms with van der Waals surface area (Å²) in [6, 6.07) is 6.37. The van der Waals surface area contributed by atoms with Gasteiger partial charge in [-0.3, -0.25) is 4.90 Å². The number of anilines is 1. The predicted molar refractivity (Wildman–Crippen MR) is 93.7 cm³/mol. The van der Waals surface area contributed by atoms with Crippen LogP contribution in [0.3, 0.4) is 0 Å². The average molecular weight is 324 g/mol. The van der Waals surface area contributed by atoms with Gasteiger partial charge in [-0.2, -0.15) is 5.26 Å². The van der Waals surface area contributed by atoms with Gasteiger partial charge in [0.15, 0.2) is 0 Å². The molecule has 3 heterocycles. The number of aromatic nitrogens is 3. The van der Waals surface area contributed by atoms with Gasteiger partial charge in [-0.1, -0.05) is 6.92 Å². The number of nitriles is 1. The molecule has 0 bridgehead atoms. The Kier molecular flexibility index (Phi) is 5.11. The molecule has 0 atom stereocenters. The highest BCUT2D eigenvalue weighted by molar-refractivity contribution is 5.39. The van der Waals surface area contributed by atoms with Gasteiger partial charge in [0, 0.05) is 57.2 Å². The molecule has 126 valence electrons. The van der Waals surface area contributed by atoms with Crippen molar-refractivity contribution in [3.05, 3.63) is 41.6 Å². The first-order valence-electron chi connectivity index (χ1n) is 8.60. The maximum atomic E-state index is 9.17. The fourth-order valence-electron chi connectivity index (χ4n) is 3.16. The van der Waals surface area contributed by atoms with Gasteiger partial charge in [-0.25, -0.2) is 9.97 Å². The van der Waals surface area contributed by atoms with Crippen LogP contribution in [0.2, 0.25) is 0 Å². The lowest BCUT2D eigenvalue weighted by Crippen LogP contribution is -2.46. The molecule has 1 aliphatic heterocycles. The molecule has 1 fully saturated rings. The van der Waals surface area contributed by atoms with Crippen LogP contribution in [0.5, 0.6) is 0 Å². The number of rotatable bonds is 5. The lowest BCUT2D eigenvalue weighted by molar-refractivity contribution is 0.249. The van der Waals surface area contributed by atoms with Crippen molar-refractivity contribution in [2.24, 2.45) is 0 Å². The normalized spacial score (nSPS) is 15.5. The molecule has 0 saturated carbocycles. The summed E-state index contributed by atoms with van der Waals surface area (Å²) in [7, 11) is 0. The molecule has 1 aliphatic rings. The Morgan fingerprint density at radius 1 is 1.12 bits per heavy atom. The van der Waals surface area contributed by atoms with Crippen LogP contribution in [0, 0.1) is 11.3 Å². The van der Waals surface area contributed by atoms with E-state index < -0.39 is 0 Å². The van der Waals surface area contributed by atoms with E-state index in [9.17, 15) is 0 Å². The van der Waals surface area contributed by atoms with E-state index in [0.29, 0.717) is 0 Å². The Morgan fingerprint density at radius 3 is 2.54 bits per heavy atom. The van der Waals surface area contributed by atoms with Crippen LogP contribution in [0.4, 0.5) is 5.82 Å². The van der Waals surface area contributed by atoms with Crippen molar-refractivity contribution in [2.75, 3.05) is 31.1 Å². The average Bonchev–Trinajstić information content (AvgIpc) is 3.04. The van der Waals surface area contributed by atoms with E-state index in [-0.39, 0.29) is 0 Å². The van der Waals surface area contributed by atoms with Gasteiger partial charge >= 0.3 is 0 Å². The highest BCUT2D eigenvalue weighted by atomic mass is 15.3. The number of hydrogen-bond acceptors (Lipinski definition) is 5. The summed E-state index contributed by atoms with van der Waals surface area (Å²) in [6.07, 6.45) is 4.70. The Hall–Kier alpha value is -2.39. The standard InChI is InChI=1S/C18H24N6/c1-3-16-10-18(21-14-20-16)24-7-5-22(6-8-24)12-15-9-17(11-19)23(4-2)13-15/h9-10,13-14H,3-8,12H2,1-2H3. The lowest BCUT2D eigenvalue weighted by atomic mass is 10.2. The van der Waals surface area contributed by atoms with E-state index in [2.05, 4.69) is 51.9 Å². The highest BCUT2D eigenvalue weighted by Gasteiger charge is 2.19. The predicted octanol–water partition coefficient (Wildman–Crippen LogP) is 2.05. The quantitative estimate of drug-likeness (QED) is 0.842. The minimum atomic E-state index is 0.749. The maximum Gasteiger partial charge on any atom is 0.132 e. The van der Waals surface area contributed by atoms with Crippen LogP contribution >= 0.6 is 0 Å². The van der Waals surface area contributed by atoms with E-state index in [0.717, 1.165) is 62.9 Å². The molecule has 0 aromatic carbocycles. The SMILES string of the molecule is CCc1cc(N2CCN(Cc3cc(C#N)n(CC)c3)CC2)ncn1. The van der Waals surface area contributed by atoms with Crippen LogP contribution < -0.4 is 4.90 Å². The third-order valence-corrected chi connectivity index (χ3v) is 4.58. The molecule has 0 aliphatic carbocycles. The third-order valence-electron chi connectivity index (χ3n) is 4.58. The molecule has 3 rings (SSSR count). The summed E-state index contributed by atoms with van der Waals surface area (Å²) in [5.41, 5.74) is 3.06. The highest BCUT2D eigenvalue weighted by Crippen LogP contribution is 2.16. The van der Waals surface area contributed by atoms with E-state index in [1.54, 1.807) is 6.33 Å². The van der Waals surface area contributed by atoms with Crippen LogP contribution in [0.15, 0.2) is 24.7 Å². The van der Waals surface area contributed by atoms with Crippen molar-refractivity contribution in [1.29, 1.82) is 5.26 Å². The van der Waals surface area contributed by atoms with E-state index in [1.165, 1.54) is 5.56 Å². The number of piperazine rings is 1. The zero-order chi connectivity index (χ0) is 16.9. The topological polar surface area (TPSA) is 61.0 Å². The van der Waals surface area contributed by atoms with Gasteiger partial charge in [0.2, 0.25) is 0 Å². The third kappa shape index (κ3) is 3.57. The fourth-order valence-corrected chi connectivity index (χ4v) is 3.16. The number of aryl methyl sites for hydroxylation is 2. The van der Waals surface area contributed by atoms with Gasteiger partial charge in [-0.15, -0.1) is 0 Å². The van der Waals surface area contributed by atoms with E-state index in [4.69, 9.17) is 5.26 Å². The summed E-state index contributed by atoms with van der Waals surface area (Å²) >= 11 is 0. The first-order valence-corrected chi connectivity index (χ1v) is 8.60. The Labute approximate surface area is 143 Å². The molecular weight excluding hydrogens is 300 g/mol. The van der Waals surface area contributed by atoms with Crippen molar-refractivity contribution < 1.29 is 0 Å². The number of nitrogens with zero attached hydrogens (tertiary/aromatic N) is 6. The van der Waals surface area contributed by atoms with Gasteiger partial charge in [0.25, 0.3) is 0 Å². The molecule has 0 amide bonds. The first-order chi connectivity index (χ1) is 11.7. The van der Waals surface area contributed by atoms with Crippen molar-refractivity contribution in [3.8, 4) is 6.07 Å². The minimum Gasteiger partial charge on any atom is -0.354 e. The Bertz CT molecular complexity index is 721. The van der Waals surface area contributed by atoms with E-state index in [1.807, 2.05) is 10.6 Å².